The van der Waals surface area contributed by atoms with E-state index < -0.39 is 0 Å². The predicted molar refractivity (Wildman–Crippen MR) is 101 cm³/mol. The third-order valence-electron chi connectivity index (χ3n) is 4.84. The molecule has 1 aliphatic heterocycles. The average Bonchev–Trinajstić information content (AvgIpc) is 3.12. The molecule has 6 nitrogen and oxygen atoms in total. The maximum atomic E-state index is 13.0. The summed E-state index contributed by atoms with van der Waals surface area (Å²) in [5.74, 6) is 0.253. The van der Waals surface area contributed by atoms with Crippen LogP contribution in [0.1, 0.15) is 11.1 Å². The summed E-state index contributed by atoms with van der Waals surface area (Å²) in [5, 5.41) is 12.6. The van der Waals surface area contributed by atoms with Crippen LogP contribution in [0.15, 0.2) is 48.5 Å². The van der Waals surface area contributed by atoms with Crippen LogP contribution in [0.4, 0.5) is 4.39 Å². The molecule has 0 spiro atoms. The molecule has 0 atom stereocenters. The van der Waals surface area contributed by atoms with Gasteiger partial charge in [-0.3, -0.25) is 9.80 Å². The van der Waals surface area contributed by atoms with E-state index in [4.69, 9.17) is 0 Å². The molecule has 0 amide bonds. The Morgan fingerprint density at radius 3 is 2.44 bits per heavy atom. The molecule has 140 valence electrons. The molecule has 0 N–H and O–H groups in total. The van der Waals surface area contributed by atoms with Gasteiger partial charge in [-0.15, -0.1) is 15.0 Å². The van der Waals surface area contributed by atoms with Crippen LogP contribution in [-0.4, -0.2) is 56.2 Å². The lowest BCUT2D eigenvalue weighted by Crippen LogP contribution is -2.46. The van der Waals surface area contributed by atoms with Crippen molar-refractivity contribution in [2.24, 2.45) is 0 Å². The van der Waals surface area contributed by atoms with Crippen molar-refractivity contribution in [2.75, 3.05) is 26.2 Å². The molecule has 0 unspecified atom stereocenters. The Kier molecular flexibility index (Phi) is 5.22. The van der Waals surface area contributed by atoms with Crippen LogP contribution in [0.2, 0.25) is 0 Å². The fourth-order valence-corrected chi connectivity index (χ4v) is 3.35. The largest absolute Gasteiger partial charge is 0.297 e. The van der Waals surface area contributed by atoms with E-state index in [0.29, 0.717) is 12.5 Å². The molecule has 3 aromatic rings. The normalized spacial score (nSPS) is 15.9. The monoisotopic (exact) mass is 366 g/mol. The molecule has 1 aromatic heterocycles. The van der Waals surface area contributed by atoms with Gasteiger partial charge in [-0.25, -0.2) is 4.39 Å². The van der Waals surface area contributed by atoms with Crippen LogP contribution >= 0.6 is 0 Å². The van der Waals surface area contributed by atoms with Crippen LogP contribution in [0.5, 0.6) is 0 Å². The summed E-state index contributed by atoms with van der Waals surface area (Å²) < 4.78 is 13.0. The van der Waals surface area contributed by atoms with Gasteiger partial charge in [-0.2, -0.15) is 0 Å². The molecule has 1 aliphatic rings. The Morgan fingerprint density at radius 1 is 0.963 bits per heavy atom. The Hall–Kier alpha value is -2.64. The zero-order valence-corrected chi connectivity index (χ0v) is 15.4. The summed E-state index contributed by atoms with van der Waals surface area (Å²) in [6.45, 7) is 7.73. The summed E-state index contributed by atoms with van der Waals surface area (Å²) in [5.41, 5.74) is 3.44. The molecule has 0 radical (unpaired) electrons. The summed E-state index contributed by atoms with van der Waals surface area (Å²) in [6, 6.07) is 14.8. The molecule has 7 heteroatoms. The second kappa shape index (κ2) is 7.94. The lowest BCUT2D eigenvalue weighted by Gasteiger charge is -2.34. The molecule has 27 heavy (non-hydrogen) atoms. The molecule has 4 rings (SSSR count). The highest BCUT2D eigenvalue weighted by atomic mass is 19.1. The highest BCUT2D eigenvalue weighted by Crippen LogP contribution is 2.14. The van der Waals surface area contributed by atoms with Crippen molar-refractivity contribution in [3.63, 3.8) is 0 Å². The number of rotatable bonds is 5. The Balaban J connectivity index is 1.30. The average molecular weight is 366 g/mol. The zero-order chi connectivity index (χ0) is 18.6. The summed E-state index contributed by atoms with van der Waals surface area (Å²) in [4.78, 5) is 6.40. The lowest BCUT2D eigenvalue weighted by atomic mass is 10.1. The summed E-state index contributed by atoms with van der Waals surface area (Å²) in [7, 11) is 0. The quantitative estimate of drug-likeness (QED) is 0.695. The van der Waals surface area contributed by atoms with Crippen molar-refractivity contribution in [2.45, 2.75) is 20.1 Å². The van der Waals surface area contributed by atoms with E-state index in [1.807, 2.05) is 0 Å². The molecule has 1 fully saturated rings. The number of hydrogen-bond acceptors (Lipinski definition) is 5. The van der Waals surface area contributed by atoms with Gasteiger partial charge in [0.1, 0.15) is 12.5 Å². The number of aromatic nitrogens is 4. The second-order valence-electron chi connectivity index (χ2n) is 7.02. The highest BCUT2D eigenvalue weighted by Gasteiger charge is 2.18. The van der Waals surface area contributed by atoms with Crippen LogP contribution in [-0.2, 0) is 13.2 Å². The Morgan fingerprint density at radius 2 is 1.70 bits per heavy atom. The standard InChI is InChI=1S/C20H23FN6/c1-16-3-2-4-17(13-16)14-25-9-11-26(12-10-25)15-27-23-20(22-24-27)18-5-7-19(21)8-6-18/h2-8,13H,9-12,14-15H2,1H3. The van der Waals surface area contributed by atoms with Gasteiger partial charge in [0.15, 0.2) is 0 Å². The molecule has 2 aromatic carbocycles. The lowest BCUT2D eigenvalue weighted by molar-refractivity contribution is 0.0930. The molecular formula is C20H23FN6. The van der Waals surface area contributed by atoms with Gasteiger partial charge in [0.25, 0.3) is 0 Å². The number of tetrazole rings is 1. The first-order valence-electron chi connectivity index (χ1n) is 9.20. The highest BCUT2D eigenvalue weighted by molar-refractivity contribution is 5.53. The van der Waals surface area contributed by atoms with Gasteiger partial charge in [-0.05, 0) is 42.0 Å². The van der Waals surface area contributed by atoms with Crippen LogP contribution in [0.3, 0.4) is 0 Å². The maximum absolute atomic E-state index is 13.0. The van der Waals surface area contributed by atoms with E-state index in [0.717, 1.165) is 38.3 Å². The van der Waals surface area contributed by atoms with E-state index >= 15 is 0 Å². The van der Waals surface area contributed by atoms with Crippen LogP contribution < -0.4 is 0 Å². The molecule has 1 saturated heterocycles. The number of aryl methyl sites for hydroxylation is 1. The Bertz CT molecular complexity index is 883. The van der Waals surface area contributed by atoms with Crippen molar-refractivity contribution < 1.29 is 4.39 Å². The van der Waals surface area contributed by atoms with E-state index in [-0.39, 0.29) is 5.82 Å². The van der Waals surface area contributed by atoms with E-state index in [2.05, 4.69) is 56.4 Å². The predicted octanol–water partition coefficient (Wildman–Crippen LogP) is 2.56. The summed E-state index contributed by atoms with van der Waals surface area (Å²) in [6.07, 6.45) is 0. The fourth-order valence-electron chi connectivity index (χ4n) is 3.35. The molecule has 2 heterocycles. The smallest absolute Gasteiger partial charge is 0.204 e. The minimum absolute atomic E-state index is 0.269. The van der Waals surface area contributed by atoms with E-state index in [1.54, 1.807) is 16.9 Å². The fraction of sp³-hybridized carbons (Fsp3) is 0.350. The van der Waals surface area contributed by atoms with Crippen LogP contribution in [0.25, 0.3) is 11.4 Å². The van der Waals surface area contributed by atoms with E-state index in [9.17, 15) is 4.39 Å². The number of piperazine rings is 1. The topological polar surface area (TPSA) is 50.1 Å². The first-order valence-corrected chi connectivity index (χ1v) is 9.20. The molecular weight excluding hydrogens is 343 g/mol. The van der Waals surface area contributed by atoms with E-state index in [1.165, 1.54) is 23.3 Å². The summed E-state index contributed by atoms with van der Waals surface area (Å²) >= 11 is 0. The third-order valence-corrected chi connectivity index (χ3v) is 4.84. The zero-order valence-electron chi connectivity index (χ0n) is 15.4. The van der Waals surface area contributed by atoms with Gasteiger partial charge < -0.3 is 0 Å². The molecule has 0 saturated carbocycles. The van der Waals surface area contributed by atoms with Crippen LogP contribution in [0, 0.1) is 12.7 Å². The van der Waals surface area contributed by atoms with Gasteiger partial charge in [0.05, 0.1) is 0 Å². The maximum Gasteiger partial charge on any atom is 0.204 e. The number of halogens is 1. The van der Waals surface area contributed by atoms with Gasteiger partial charge in [0, 0.05) is 38.3 Å². The minimum Gasteiger partial charge on any atom is -0.297 e. The van der Waals surface area contributed by atoms with Gasteiger partial charge in [-0.1, -0.05) is 29.8 Å². The third kappa shape index (κ3) is 4.56. The first kappa shape index (κ1) is 17.8. The van der Waals surface area contributed by atoms with Crippen molar-refractivity contribution in [1.82, 2.24) is 30.0 Å². The van der Waals surface area contributed by atoms with Crippen molar-refractivity contribution in [1.29, 1.82) is 0 Å². The van der Waals surface area contributed by atoms with Crippen molar-refractivity contribution >= 4 is 0 Å². The molecule has 0 bridgehead atoms. The number of hydrogen-bond donors (Lipinski definition) is 0. The number of benzene rings is 2. The van der Waals surface area contributed by atoms with Gasteiger partial charge in [0.2, 0.25) is 5.82 Å². The van der Waals surface area contributed by atoms with Crippen molar-refractivity contribution in [3.8, 4) is 11.4 Å². The molecule has 0 aliphatic carbocycles. The van der Waals surface area contributed by atoms with Gasteiger partial charge >= 0.3 is 0 Å². The second-order valence-corrected chi connectivity index (χ2v) is 7.02. The number of nitrogens with zero attached hydrogens (tertiary/aromatic N) is 6. The first-order chi connectivity index (χ1) is 13.2. The van der Waals surface area contributed by atoms with Crippen molar-refractivity contribution in [3.05, 3.63) is 65.5 Å². The SMILES string of the molecule is Cc1cccc(CN2CCN(Cn3nnc(-c4ccc(F)cc4)n3)CC2)c1. The Labute approximate surface area is 158 Å². The minimum atomic E-state index is -0.269.